The summed E-state index contributed by atoms with van der Waals surface area (Å²) in [5.74, 6) is 0.677. The molecule has 0 radical (unpaired) electrons. The van der Waals surface area contributed by atoms with E-state index >= 15 is 0 Å². The van der Waals surface area contributed by atoms with Crippen molar-refractivity contribution in [2.45, 2.75) is 20.3 Å². The molecule has 0 bridgehead atoms. The van der Waals surface area contributed by atoms with Crippen molar-refractivity contribution in [2.75, 3.05) is 13.7 Å². The summed E-state index contributed by atoms with van der Waals surface area (Å²) in [6.45, 7) is 3.99. The molecule has 0 heterocycles. The lowest BCUT2D eigenvalue weighted by atomic mass is 9.92. The lowest BCUT2D eigenvalue weighted by Gasteiger charge is -2.21. The van der Waals surface area contributed by atoms with Gasteiger partial charge in [0.2, 0.25) is 5.91 Å². The highest BCUT2D eigenvalue weighted by molar-refractivity contribution is 7.80. The maximum Gasteiger partial charge on any atom is 0.232 e. The summed E-state index contributed by atoms with van der Waals surface area (Å²) in [5.41, 5.74) is 5.87. The van der Waals surface area contributed by atoms with Crippen LogP contribution in [0.4, 0.5) is 0 Å². The quantitative estimate of drug-likeness (QED) is 0.778. The molecule has 3 N–H and O–H groups in total. The molecule has 4 nitrogen and oxygen atoms in total. The Morgan fingerprint density at radius 3 is 2.42 bits per heavy atom. The van der Waals surface area contributed by atoms with Crippen LogP contribution in [-0.4, -0.2) is 24.6 Å². The fourth-order valence-corrected chi connectivity index (χ4v) is 1.54. The minimum atomic E-state index is -0.810. The first-order valence-electron chi connectivity index (χ1n) is 6.09. The summed E-state index contributed by atoms with van der Waals surface area (Å²) in [7, 11) is 1.63. The number of amides is 1. The van der Waals surface area contributed by atoms with Gasteiger partial charge >= 0.3 is 0 Å². The second kappa shape index (κ2) is 6.52. The van der Waals surface area contributed by atoms with Crippen LogP contribution in [0.2, 0.25) is 0 Å². The molecule has 0 atom stereocenters. The fraction of sp³-hybridized carbons (Fsp3) is 0.429. The number of thiocarbonyl (C=S) groups is 1. The summed E-state index contributed by atoms with van der Waals surface area (Å²) in [6, 6.07) is 7.75. The second-order valence-electron chi connectivity index (χ2n) is 4.84. The second-order valence-corrected chi connectivity index (χ2v) is 5.28. The van der Waals surface area contributed by atoms with E-state index in [-0.39, 0.29) is 10.9 Å². The van der Waals surface area contributed by atoms with Gasteiger partial charge in [-0.2, -0.15) is 0 Å². The molecule has 0 spiro atoms. The number of rotatable bonds is 6. The molecule has 1 rings (SSSR count). The van der Waals surface area contributed by atoms with Crippen molar-refractivity contribution in [1.82, 2.24) is 5.32 Å². The first-order chi connectivity index (χ1) is 8.87. The van der Waals surface area contributed by atoms with E-state index in [1.807, 2.05) is 24.3 Å². The predicted molar refractivity (Wildman–Crippen MR) is 80.3 cm³/mol. The Labute approximate surface area is 119 Å². The van der Waals surface area contributed by atoms with Gasteiger partial charge in [-0.1, -0.05) is 24.4 Å². The van der Waals surface area contributed by atoms with Crippen LogP contribution >= 0.6 is 12.2 Å². The number of nitrogens with one attached hydrogen (secondary N) is 1. The molecular formula is C14H20N2O2S. The molecule has 19 heavy (non-hydrogen) atoms. The predicted octanol–water partition coefficient (Wildman–Crippen LogP) is 1.67. The van der Waals surface area contributed by atoms with Crippen molar-refractivity contribution < 1.29 is 9.53 Å². The van der Waals surface area contributed by atoms with Crippen molar-refractivity contribution in [3.05, 3.63) is 29.8 Å². The van der Waals surface area contributed by atoms with Crippen LogP contribution in [0, 0.1) is 5.41 Å². The van der Waals surface area contributed by atoms with E-state index in [9.17, 15) is 4.79 Å². The van der Waals surface area contributed by atoms with E-state index in [1.54, 1.807) is 21.0 Å². The lowest BCUT2D eigenvalue weighted by molar-refractivity contribution is -0.126. The van der Waals surface area contributed by atoms with Crippen molar-refractivity contribution in [1.29, 1.82) is 0 Å². The Hall–Kier alpha value is -1.62. The van der Waals surface area contributed by atoms with Gasteiger partial charge in [-0.05, 0) is 38.0 Å². The number of carbonyl (C=O) groups is 1. The van der Waals surface area contributed by atoms with Crippen LogP contribution in [0.25, 0.3) is 0 Å². The number of nitrogens with two attached hydrogens (primary N) is 1. The number of methoxy groups -OCH3 is 1. The Morgan fingerprint density at radius 1 is 1.37 bits per heavy atom. The minimum Gasteiger partial charge on any atom is -0.497 e. The van der Waals surface area contributed by atoms with E-state index in [1.165, 1.54) is 0 Å². The molecule has 104 valence electrons. The third-order valence-electron chi connectivity index (χ3n) is 3.04. The largest absolute Gasteiger partial charge is 0.497 e. The number of hydrogen-bond acceptors (Lipinski definition) is 3. The van der Waals surface area contributed by atoms with Gasteiger partial charge in [0.1, 0.15) is 5.75 Å². The molecule has 1 amide bonds. The summed E-state index contributed by atoms with van der Waals surface area (Å²) in [4.78, 5) is 12.1. The van der Waals surface area contributed by atoms with E-state index in [4.69, 9.17) is 22.7 Å². The van der Waals surface area contributed by atoms with Gasteiger partial charge in [0.15, 0.2) is 0 Å². The van der Waals surface area contributed by atoms with Gasteiger partial charge in [-0.3, -0.25) is 4.79 Å². The smallest absolute Gasteiger partial charge is 0.232 e. The molecule has 1 aromatic rings. The molecule has 0 aliphatic carbocycles. The maximum atomic E-state index is 11.9. The molecule has 0 aliphatic rings. The molecule has 0 aliphatic heterocycles. The zero-order chi connectivity index (χ0) is 14.5. The monoisotopic (exact) mass is 280 g/mol. The first kappa shape index (κ1) is 15.4. The minimum absolute atomic E-state index is 0.145. The van der Waals surface area contributed by atoms with E-state index < -0.39 is 5.41 Å². The normalized spacial score (nSPS) is 10.9. The average Bonchev–Trinajstić information content (AvgIpc) is 2.39. The fourth-order valence-electron chi connectivity index (χ4n) is 1.45. The maximum absolute atomic E-state index is 11.9. The summed E-state index contributed by atoms with van der Waals surface area (Å²) in [6.07, 6.45) is 0.753. The molecular weight excluding hydrogens is 260 g/mol. The van der Waals surface area contributed by atoms with Gasteiger partial charge in [-0.25, -0.2) is 0 Å². The Morgan fingerprint density at radius 2 is 1.95 bits per heavy atom. The Kier molecular flexibility index (Phi) is 5.30. The van der Waals surface area contributed by atoms with Crippen molar-refractivity contribution in [2.24, 2.45) is 11.1 Å². The number of hydrogen-bond donors (Lipinski definition) is 2. The van der Waals surface area contributed by atoms with Crippen LogP contribution in [0.3, 0.4) is 0 Å². The van der Waals surface area contributed by atoms with Crippen molar-refractivity contribution in [3.63, 3.8) is 0 Å². The standard InChI is InChI=1S/C14H20N2O2S/c1-14(2,12(15)19)13(17)16-9-8-10-4-6-11(18-3)7-5-10/h4-7H,8-9H2,1-3H3,(H2,15,19)(H,16,17). The van der Waals surface area contributed by atoms with Crippen LogP contribution in [-0.2, 0) is 11.2 Å². The molecule has 0 saturated heterocycles. The lowest BCUT2D eigenvalue weighted by Crippen LogP contribution is -2.45. The van der Waals surface area contributed by atoms with Crippen molar-refractivity contribution in [3.8, 4) is 5.75 Å². The topological polar surface area (TPSA) is 64.3 Å². The molecule has 0 saturated carbocycles. The van der Waals surface area contributed by atoms with Gasteiger partial charge in [0.05, 0.1) is 17.5 Å². The van der Waals surface area contributed by atoms with E-state index in [2.05, 4.69) is 5.32 Å². The first-order valence-corrected chi connectivity index (χ1v) is 6.50. The van der Waals surface area contributed by atoms with Crippen LogP contribution in [0.1, 0.15) is 19.4 Å². The number of ether oxygens (including phenoxy) is 1. The molecule has 0 fully saturated rings. The van der Waals surface area contributed by atoms with Gasteiger partial charge in [-0.15, -0.1) is 0 Å². The summed E-state index contributed by atoms with van der Waals surface area (Å²) in [5, 5.41) is 2.84. The molecule has 0 unspecified atom stereocenters. The molecule has 1 aromatic carbocycles. The van der Waals surface area contributed by atoms with Crippen LogP contribution in [0.15, 0.2) is 24.3 Å². The van der Waals surface area contributed by atoms with Crippen LogP contribution < -0.4 is 15.8 Å². The SMILES string of the molecule is COc1ccc(CCNC(=O)C(C)(C)C(N)=S)cc1. The molecule has 5 heteroatoms. The van der Waals surface area contributed by atoms with E-state index in [0.717, 1.165) is 17.7 Å². The zero-order valence-electron chi connectivity index (χ0n) is 11.5. The van der Waals surface area contributed by atoms with Gasteiger partial charge < -0.3 is 15.8 Å². The van der Waals surface area contributed by atoms with Crippen LogP contribution in [0.5, 0.6) is 5.75 Å². The van der Waals surface area contributed by atoms with Gasteiger partial charge in [0, 0.05) is 6.54 Å². The zero-order valence-corrected chi connectivity index (χ0v) is 12.3. The summed E-state index contributed by atoms with van der Waals surface area (Å²) < 4.78 is 5.08. The Balaban J connectivity index is 2.45. The highest BCUT2D eigenvalue weighted by Gasteiger charge is 2.30. The average molecular weight is 280 g/mol. The third-order valence-corrected chi connectivity index (χ3v) is 3.55. The Bertz CT molecular complexity index is 455. The highest BCUT2D eigenvalue weighted by atomic mass is 32.1. The highest BCUT2D eigenvalue weighted by Crippen LogP contribution is 2.15. The number of carbonyl (C=O) groups excluding carboxylic acids is 1. The number of benzene rings is 1. The van der Waals surface area contributed by atoms with Gasteiger partial charge in [0.25, 0.3) is 0 Å². The van der Waals surface area contributed by atoms with E-state index in [0.29, 0.717) is 6.54 Å². The summed E-state index contributed by atoms with van der Waals surface area (Å²) >= 11 is 4.88. The molecule has 0 aromatic heterocycles. The van der Waals surface area contributed by atoms with Crippen molar-refractivity contribution >= 4 is 23.1 Å². The third kappa shape index (κ3) is 4.21.